The van der Waals surface area contributed by atoms with Crippen molar-refractivity contribution in [2.24, 2.45) is 0 Å². The minimum Gasteiger partial charge on any atom is -0.395 e. The summed E-state index contributed by atoms with van der Waals surface area (Å²) in [7, 11) is 0. The highest BCUT2D eigenvalue weighted by molar-refractivity contribution is 6.31. The molecule has 0 heterocycles. The number of halogens is 1. The van der Waals surface area contributed by atoms with Gasteiger partial charge in [-0.05, 0) is 11.6 Å². The zero-order chi connectivity index (χ0) is 14.8. The van der Waals surface area contributed by atoms with E-state index in [0.717, 1.165) is 5.56 Å². The molecule has 0 saturated carbocycles. The summed E-state index contributed by atoms with van der Waals surface area (Å²) in [4.78, 5) is 1.78. The first-order chi connectivity index (χ1) is 9.67. The highest BCUT2D eigenvalue weighted by Gasteiger charge is 2.11. The fourth-order valence-corrected chi connectivity index (χ4v) is 2.04. The molecule has 0 aromatic heterocycles. The monoisotopic (exact) mass is 303 g/mol. The Morgan fingerprint density at radius 3 is 2.40 bits per heavy atom. The summed E-state index contributed by atoms with van der Waals surface area (Å²) in [6.45, 7) is 1.70. The highest BCUT2D eigenvalue weighted by Crippen LogP contribution is 2.15. The van der Waals surface area contributed by atoms with Gasteiger partial charge in [-0.1, -0.05) is 29.8 Å². The van der Waals surface area contributed by atoms with Crippen LogP contribution < -0.4 is 0 Å². The molecule has 1 unspecified atom stereocenters. The number of nitrogens with zero attached hydrogens (tertiary/aromatic N) is 1. The van der Waals surface area contributed by atoms with Crippen LogP contribution in [0.5, 0.6) is 0 Å². The Morgan fingerprint density at radius 1 is 1.15 bits per heavy atom. The first-order valence-corrected chi connectivity index (χ1v) is 6.98. The Labute approximate surface area is 124 Å². The second-order valence-corrected chi connectivity index (χ2v) is 4.92. The van der Waals surface area contributed by atoms with Crippen LogP contribution in [0.1, 0.15) is 5.56 Å². The number of aliphatic hydroxyl groups is 3. The standard InChI is InChI=1S/C14H22ClNO4/c15-14-4-2-1-3-12(14)10-20-11-13(19)9-16(5-7-17)6-8-18/h1-4,13,17-19H,5-11H2. The summed E-state index contributed by atoms with van der Waals surface area (Å²) < 4.78 is 5.43. The molecule has 1 aromatic carbocycles. The van der Waals surface area contributed by atoms with Crippen LogP contribution in [0.4, 0.5) is 0 Å². The lowest BCUT2D eigenvalue weighted by Crippen LogP contribution is -2.38. The van der Waals surface area contributed by atoms with E-state index in [2.05, 4.69) is 0 Å². The molecular weight excluding hydrogens is 282 g/mol. The predicted molar refractivity (Wildman–Crippen MR) is 77.7 cm³/mol. The minimum atomic E-state index is -0.671. The van der Waals surface area contributed by atoms with Crippen LogP contribution in [0.25, 0.3) is 0 Å². The maximum atomic E-state index is 9.86. The van der Waals surface area contributed by atoms with E-state index in [1.807, 2.05) is 18.2 Å². The van der Waals surface area contributed by atoms with Gasteiger partial charge in [-0.25, -0.2) is 0 Å². The van der Waals surface area contributed by atoms with Gasteiger partial charge < -0.3 is 20.1 Å². The van der Waals surface area contributed by atoms with E-state index in [0.29, 0.717) is 31.3 Å². The third-order valence-electron chi connectivity index (χ3n) is 2.83. The van der Waals surface area contributed by atoms with E-state index >= 15 is 0 Å². The molecule has 0 radical (unpaired) electrons. The fraction of sp³-hybridized carbons (Fsp3) is 0.571. The van der Waals surface area contributed by atoms with Crippen molar-refractivity contribution < 1.29 is 20.1 Å². The van der Waals surface area contributed by atoms with Crippen molar-refractivity contribution in [2.75, 3.05) is 39.5 Å². The first-order valence-electron chi connectivity index (χ1n) is 6.60. The van der Waals surface area contributed by atoms with Crippen molar-refractivity contribution in [3.8, 4) is 0 Å². The zero-order valence-electron chi connectivity index (χ0n) is 11.4. The predicted octanol–water partition coefficient (Wildman–Crippen LogP) is 0.504. The summed E-state index contributed by atoms with van der Waals surface area (Å²) in [5.41, 5.74) is 0.879. The van der Waals surface area contributed by atoms with Crippen LogP contribution in [-0.4, -0.2) is 65.8 Å². The molecule has 0 fully saturated rings. The van der Waals surface area contributed by atoms with Gasteiger partial charge in [0.25, 0.3) is 0 Å². The molecule has 6 heteroatoms. The van der Waals surface area contributed by atoms with Crippen molar-refractivity contribution in [1.82, 2.24) is 4.90 Å². The van der Waals surface area contributed by atoms with Gasteiger partial charge in [0.2, 0.25) is 0 Å². The molecule has 0 spiro atoms. The summed E-state index contributed by atoms with van der Waals surface area (Å²) in [5.74, 6) is 0. The lowest BCUT2D eigenvalue weighted by atomic mass is 10.2. The van der Waals surface area contributed by atoms with Gasteiger partial charge in [0.05, 0.1) is 32.5 Å². The number of hydrogen-bond donors (Lipinski definition) is 3. The van der Waals surface area contributed by atoms with Gasteiger partial charge in [-0.15, -0.1) is 0 Å². The number of ether oxygens (including phenoxy) is 1. The SMILES string of the molecule is OCCN(CCO)CC(O)COCc1ccccc1Cl. The van der Waals surface area contributed by atoms with Crippen LogP contribution in [0.3, 0.4) is 0 Å². The van der Waals surface area contributed by atoms with Gasteiger partial charge in [0.15, 0.2) is 0 Å². The van der Waals surface area contributed by atoms with E-state index in [9.17, 15) is 5.11 Å². The van der Waals surface area contributed by atoms with Crippen LogP contribution in [0.2, 0.25) is 5.02 Å². The average molecular weight is 304 g/mol. The lowest BCUT2D eigenvalue weighted by molar-refractivity contribution is 0.00525. The van der Waals surface area contributed by atoms with E-state index in [1.165, 1.54) is 0 Å². The molecule has 0 amide bonds. The maximum absolute atomic E-state index is 9.86. The summed E-state index contributed by atoms with van der Waals surface area (Å²) in [6.07, 6.45) is -0.671. The molecule has 114 valence electrons. The zero-order valence-corrected chi connectivity index (χ0v) is 12.2. The van der Waals surface area contributed by atoms with Gasteiger partial charge in [-0.3, -0.25) is 4.90 Å². The summed E-state index contributed by atoms with van der Waals surface area (Å²) in [6, 6.07) is 7.40. The van der Waals surface area contributed by atoms with Crippen molar-refractivity contribution in [1.29, 1.82) is 0 Å². The lowest BCUT2D eigenvalue weighted by Gasteiger charge is -2.23. The van der Waals surface area contributed by atoms with E-state index in [1.54, 1.807) is 11.0 Å². The summed E-state index contributed by atoms with van der Waals surface area (Å²) >= 11 is 6.00. The maximum Gasteiger partial charge on any atom is 0.0900 e. The van der Waals surface area contributed by atoms with Gasteiger partial charge >= 0.3 is 0 Å². The van der Waals surface area contributed by atoms with Gasteiger partial charge in [-0.2, -0.15) is 0 Å². The van der Waals surface area contributed by atoms with Gasteiger partial charge in [0, 0.05) is 24.7 Å². The third kappa shape index (κ3) is 6.65. The van der Waals surface area contributed by atoms with Gasteiger partial charge in [0.1, 0.15) is 0 Å². The van der Waals surface area contributed by atoms with E-state index < -0.39 is 6.10 Å². The van der Waals surface area contributed by atoms with Crippen molar-refractivity contribution >= 4 is 11.6 Å². The molecule has 1 aromatic rings. The van der Waals surface area contributed by atoms with Crippen LogP contribution in [-0.2, 0) is 11.3 Å². The minimum absolute atomic E-state index is 0.00675. The molecule has 0 bridgehead atoms. The number of benzene rings is 1. The Balaban J connectivity index is 2.28. The Bertz CT molecular complexity index is 372. The molecule has 3 N–H and O–H groups in total. The van der Waals surface area contributed by atoms with Crippen LogP contribution >= 0.6 is 11.6 Å². The van der Waals surface area contributed by atoms with E-state index in [-0.39, 0.29) is 19.8 Å². The first kappa shape index (κ1) is 17.4. The number of rotatable bonds is 10. The largest absolute Gasteiger partial charge is 0.395 e. The average Bonchev–Trinajstić information content (AvgIpc) is 2.41. The molecule has 0 aliphatic heterocycles. The molecule has 20 heavy (non-hydrogen) atoms. The molecule has 0 saturated heterocycles. The fourth-order valence-electron chi connectivity index (χ4n) is 1.85. The third-order valence-corrected chi connectivity index (χ3v) is 3.20. The number of hydrogen-bond acceptors (Lipinski definition) is 5. The molecule has 1 atom stereocenters. The van der Waals surface area contributed by atoms with Crippen molar-refractivity contribution in [3.05, 3.63) is 34.9 Å². The highest BCUT2D eigenvalue weighted by atomic mass is 35.5. The smallest absolute Gasteiger partial charge is 0.0900 e. The molecule has 0 aliphatic carbocycles. The normalized spacial score (nSPS) is 12.8. The molecule has 1 rings (SSSR count). The molecule has 0 aliphatic rings. The molecule has 5 nitrogen and oxygen atoms in total. The Kier molecular flexibility index (Phi) is 8.77. The van der Waals surface area contributed by atoms with Crippen LogP contribution in [0.15, 0.2) is 24.3 Å². The molecular formula is C14H22ClNO4. The summed E-state index contributed by atoms with van der Waals surface area (Å²) in [5, 5.41) is 28.3. The quantitative estimate of drug-likeness (QED) is 0.587. The Hall–Kier alpha value is -0.690. The Morgan fingerprint density at radius 2 is 1.80 bits per heavy atom. The van der Waals surface area contributed by atoms with Crippen molar-refractivity contribution in [3.63, 3.8) is 0 Å². The van der Waals surface area contributed by atoms with Crippen LogP contribution in [0, 0.1) is 0 Å². The number of aliphatic hydroxyl groups excluding tert-OH is 3. The second-order valence-electron chi connectivity index (χ2n) is 4.51. The second kappa shape index (κ2) is 10.1. The van der Waals surface area contributed by atoms with Crippen molar-refractivity contribution in [2.45, 2.75) is 12.7 Å². The topological polar surface area (TPSA) is 73.2 Å². The van der Waals surface area contributed by atoms with E-state index in [4.69, 9.17) is 26.6 Å².